The molecule has 2 fully saturated rings. The first-order valence-corrected chi connectivity index (χ1v) is 17.6. The zero-order valence-electron chi connectivity index (χ0n) is 27.0. The second-order valence-electron chi connectivity index (χ2n) is 12.9. The molecule has 4 aliphatic rings. The number of allylic oxidation sites excluding steroid dienone is 1. The number of nitrogens with one attached hydrogen (secondary N) is 1. The molecule has 1 spiro atoms. The summed E-state index contributed by atoms with van der Waals surface area (Å²) in [6.45, 7) is 2.29. The van der Waals surface area contributed by atoms with Gasteiger partial charge in [0.25, 0.3) is 0 Å². The SMILES string of the molecule is CCCCN1C/C=C\CCC(=O)OC[C@@H](c2ccccc2)NC(=O)[C@@H]2[C@H]3O[C@@]4(C=C3Br)[C@H](C1=O)N([C@@H](CO)Cc1ccccc1)C(=O)[C@@H]24. The van der Waals surface area contributed by atoms with Gasteiger partial charge in [-0.15, -0.1) is 0 Å². The van der Waals surface area contributed by atoms with Gasteiger partial charge in [-0.25, -0.2) is 0 Å². The molecule has 2 N–H and O–H groups in total. The van der Waals surface area contributed by atoms with E-state index >= 15 is 0 Å². The van der Waals surface area contributed by atoms with Crippen molar-refractivity contribution >= 4 is 39.6 Å². The van der Waals surface area contributed by atoms with Crippen molar-refractivity contribution < 1.29 is 33.8 Å². The number of nitrogens with zero attached hydrogens (tertiary/aromatic N) is 2. The predicted octanol–water partition coefficient (Wildman–Crippen LogP) is 3.84. The number of amides is 3. The summed E-state index contributed by atoms with van der Waals surface area (Å²) >= 11 is 3.62. The predicted molar refractivity (Wildman–Crippen MR) is 181 cm³/mol. The van der Waals surface area contributed by atoms with Gasteiger partial charge in [0, 0.05) is 24.0 Å². The molecule has 0 radical (unpaired) electrons. The number of halogens is 1. The van der Waals surface area contributed by atoms with Crippen molar-refractivity contribution in [2.75, 3.05) is 26.3 Å². The third kappa shape index (κ3) is 6.47. The molecule has 0 saturated carbocycles. The van der Waals surface area contributed by atoms with Crippen molar-refractivity contribution in [3.8, 4) is 0 Å². The van der Waals surface area contributed by atoms with Crippen LogP contribution in [-0.2, 0) is 35.1 Å². The van der Waals surface area contributed by atoms with E-state index in [1.807, 2.05) is 79.7 Å². The average Bonchev–Trinajstić information content (AvgIpc) is 3.70. The van der Waals surface area contributed by atoms with Gasteiger partial charge in [0.05, 0.1) is 30.5 Å². The summed E-state index contributed by atoms with van der Waals surface area (Å²) in [5, 5.41) is 13.8. The summed E-state index contributed by atoms with van der Waals surface area (Å²) in [7, 11) is 0. The van der Waals surface area contributed by atoms with E-state index in [1.165, 1.54) is 4.90 Å². The summed E-state index contributed by atoms with van der Waals surface area (Å²) in [6, 6.07) is 16.2. The Kier molecular flexibility index (Phi) is 10.5. The van der Waals surface area contributed by atoms with E-state index < -0.39 is 59.5 Å². The van der Waals surface area contributed by atoms with Crippen LogP contribution in [0.15, 0.2) is 83.4 Å². The van der Waals surface area contributed by atoms with E-state index in [0.29, 0.717) is 23.9 Å². The van der Waals surface area contributed by atoms with Crippen LogP contribution in [0.1, 0.15) is 49.8 Å². The highest BCUT2D eigenvalue weighted by Crippen LogP contribution is 2.59. The molecule has 2 saturated heterocycles. The lowest BCUT2D eigenvalue weighted by molar-refractivity contribution is -0.150. The zero-order valence-corrected chi connectivity index (χ0v) is 28.6. The molecule has 7 atom stereocenters. The van der Waals surface area contributed by atoms with Crippen LogP contribution in [0, 0.1) is 11.8 Å². The van der Waals surface area contributed by atoms with Crippen molar-refractivity contribution in [1.82, 2.24) is 15.1 Å². The summed E-state index contributed by atoms with van der Waals surface area (Å²) < 4.78 is 12.9. The number of hydrogen-bond acceptors (Lipinski definition) is 7. The number of unbranched alkanes of at least 4 members (excludes halogenated alkanes) is 1. The van der Waals surface area contributed by atoms with Crippen LogP contribution in [0.25, 0.3) is 0 Å². The fourth-order valence-corrected chi connectivity index (χ4v) is 8.26. The smallest absolute Gasteiger partial charge is 0.306 e. The van der Waals surface area contributed by atoms with Crippen LogP contribution in [-0.4, -0.2) is 88.7 Å². The first-order chi connectivity index (χ1) is 23.3. The number of hydrogen-bond donors (Lipinski definition) is 2. The van der Waals surface area contributed by atoms with Crippen molar-refractivity contribution in [2.24, 2.45) is 11.8 Å². The molecular weight excluding hydrogens is 678 g/mol. The highest BCUT2D eigenvalue weighted by atomic mass is 79.9. The van der Waals surface area contributed by atoms with E-state index in [1.54, 1.807) is 11.0 Å². The Labute approximate surface area is 289 Å². The molecule has 0 aromatic heterocycles. The van der Waals surface area contributed by atoms with Gasteiger partial charge >= 0.3 is 5.97 Å². The van der Waals surface area contributed by atoms with E-state index in [9.17, 15) is 24.3 Å². The molecule has 0 unspecified atom stereocenters. The summed E-state index contributed by atoms with van der Waals surface area (Å²) in [5.41, 5.74) is 0.217. The number of cyclic esters (lactones) is 1. The Bertz CT molecular complexity index is 1570. The van der Waals surface area contributed by atoms with Gasteiger partial charge in [-0.1, -0.05) is 102 Å². The number of rotatable bonds is 8. The minimum atomic E-state index is -1.43. The van der Waals surface area contributed by atoms with Gasteiger partial charge < -0.3 is 29.7 Å². The summed E-state index contributed by atoms with van der Waals surface area (Å²) in [5.74, 6) is -3.54. The molecule has 4 heterocycles. The Hall–Kier alpha value is -3.80. The number of aliphatic hydroxyl groups excluding tert-OH is 1. The number of benzene rings is 2. The molecule has 5 bridgehead atoms. The molecule has 6 rings (SSSR count). The fraction of sp³-hybridized carbons (Fsp3) is 0.459. The number of fused-ring (bicyclic) bond motifs is 2. The minimum Gasteiger partial charge on any atom is -0.463 e. The highest BCUT2D eigenvalue weighted by molar-refractivity contribution is 9.11. The zero-order chi connectivity index (χ0) is 33.8. The quantitative estimate of drug-likeness (QED) is 0.314. The molecule has 2 aromatic carbocycles. The minimum absolute atomic E-state index is 0.0843. The molecule has 11 heteroatoms. The summed E-state index contributed by atoms with van der Waals surface area (Å²) in [4.78, 5) is 59.9. The van der Waals surface area contributed by atoms with Crippen molar-refractivity contribution in [1.29, 1.82) is 0 Å². The number of carbonyl (C=O) groups is 4. The largest absolute Gasteiger partial charge is 0.463 e. The van der Waals surface area contributed by atoms with Gasteiger partial charge in [-0.05, 0) is 36.5 Å². The molecule has 48 heavy (non-hydrogen) atoms. The number of esters is 1. The standard InChI is InChI=1S/C37H42BrN3O7/c1-2-3-18-40-19-12-6-11-17-29(43)47-23-28(25-15-9-5-10-16-25)39-34(44)30-31-35(45)41(26(22-42)20-24-13-7-4-8-14-24)33(36(40)46)37(31)21-27(38)32(30)48-37/h4-10,12-16,21,26,28,30-33,42H,2-3,11,17-20,22-23H2,1H3,(H,39,44)/b12-6-/t26-,28+,30+,31-,32+,33+,37-/m1/s1. The van der Waals surface area contributed by atoms with Crippen LogP contribution in [0.4, 0.5) is 0 Å². The summed E-state index contributed by atoms with van der Waals surface area (Å²) in [6.07, 6.45) is 7.20. The molecule has 3 amide bonds. The van der Waals surface area contributed by atoms with Crippen LogP contribution < -0.4 is 5.32 Å². The first-order valence-electron chi connectivity index (χ1n) is 16.8. The second-order valence-corrected chi connectivity index (χ2v) is 13.8. The van der Waals surface area contributed by atoms with E-state index in [0.717, 1.165) is 24.0 Å². The maximum absolute atomic E-state index is 14.9. The molecular formula is C37H42BrN3O7. The lowest BCUT2D eigenvalue weighted by Crippen LogP contribution is -2.59. The number of aliphatic hydroxyl groups is 1. The molecule has 10 nitrogen and oxygen atoms in total. The molecule has 2 aromatic rings. The maximum atomic E-state index is 14.9. The lowest BCUT2D eigenvalue weighted by atomic mass is 9.74. The van der Waals surface area contributed by atoms with Crippen LogP contribution in [0.2, 0.25) is 0 Å². The first kappa shape index (κ1) is 34.1. The van der Waals surface area contributed by atoms with Crippen LogP contribution in [0.5, 0.6) is 0 Å². The monoisotopic (exact) mass is 719 g/mol. The van der Waals surface area contributed by atoms with Crippen molar-refractivity contribution in [3.05, 3.63) is 94.5 Å². The normalized spacial score (nSPS) is 30.5. The Morgan fingerprint density at radius 1 is 1.02 bits per heavy atom. The molecule has 4 aliphatic heterocycles. The number of ether oxygens (including phenoxy) is 2. The van der Waals surface area contributed by atoms with Gasteiger partial charge in [-0.3, -0.25) is 19.2 Å². The lowest BCUT2D eigenvalue weighted by Gasteiger charge is -2.38. The average molecular weight is 721 g/mol. The van der Waals surface area contributed by atoms with E-state index in [-0.39, 0.29) is 32.1 Å². The number of carbonyl (C=O) groups excluding carboxylic acids is 4. The molecule has 0 aliphatic carbocycles. The third-order valence-corrected chi connectivity index (χ3v) is 10.5. The number of likely N-dealkylation sites (tertiary alicyclic amines) is 1. The maximum Gasteiger partial charge on any atom is 0.306 e. The Morgan fingerprint density at radius 2 is 1.75 bits per heavy atom. The van der Waals surface area contributed by atoms with Crippen molar-refractivity contribution in [2.45, 2.75) is 68.9 Å². The van der Waals surface area contributed by atoms with Crippen molar-refractivity contribution in [3.63, 3.8) is 0 Å². The van der Waals surface area contributed by atoms with E-state index in [2.05, 4.69) is 21.2 Å². The van der Waals surface area contributed by atoms with Crippen LogP contribution >= 0.6 is 15.9 Å². The van der Waals surface area contributed by atoms with Gasteiger partial charge in [0.1, 0.15) is 24.4 Å². The third-order valence-electron chi connectivity index (χ3n) is 9.85. The topological polar surface area (TPSA) is 125 Å². The van der Waals surface area contributed by atoms with Gasteiger partial charge in [-0.2, -0.15) is 0 Å². The Morgan fingerprint density at radius 3 is 2.46 bits per heavy atom. The highest BCUT2D eigenvalue weighted by Gasteiger charge is 2.75. The van der Waals surface area contributed by atoms with Crippen LogP contribution in [0.3, 0.4) is 0 Å². The molecule has 254 valence electrons. The van der Waals surface area contributed by atoms with Gasteiger partial charge in [0.2, 0.25) is 17.7 Å². The van der Waals surface area contributed by atoms with E-state index in [4.69, 9.17) is 9.47 Å². The second kappa shape index (κ2) is 14.8. The Balaban J connectivity index is 1.45. The fourth-order valence-electron chi connectivity index (χ4n) is 7.52. The van der Waals surface area contributed by atoms with Gasteiger partial charge in [0.15, 0.2) is 0 Å².